The highest BCUT2D eigenvalue weighted by atomic mass is 16.5. The van der Waals surface area contributed by atoms with Crippen LogP contribution in [0.5, 0.6) is 0 Å². The number of hydrogen-bond acceptors (Lipinski definition) is 2. The van der Waals surface area contributed by atoms with E-state index in [1.807, 2.05) is 11.8 Å². The van der Waals surface area contributed by atoms with Crippen LogP contribution in [-0.4, -0.2) is 42.8 Å². The second-order valence-electron chi connectivity index (χ2n) is 4.90. The largest absolute Gasteiger partial charge is 0.377 e. The molecule has 0 bridgehead atoms. The molecule has 0 aromatic heterocycles. The number of carbonyl (C=O) groups excluding carboxylic acids is 1. The molecule has 0 spiro atoms. The van der Waals surface area contributed by atoms with Gasteiger partial charge >= 0.3 is 6.03 Å². The van der Waals surface area contributed by atoms with Crippen LogP contribution >= 0.6 is 0 Å². The third-order valence-electron chi connectivity index (χ3n) is 3.56. The van der Waals surface area contributed by atoms with Gasteiger partial charge < -0.3 is 15.0 Å². The predicted octanol–water partition coefficient (Wildman–Crippen LogP) is 1.75. The van der Waals surface area contributed by atoms with E-state index in [-0.39, 0.29) is 12.1 Å². The minimum absolute atomic E-state index is 0.0997. The maximum absolute atomic E-state index is 12.0. The zero-order valence-corrected chi connectivity index (χ0v) is 10.1. The van der Waals surface area contributed by atoms with Crippen molar-refractivity contribution in [1.29, 1.82) is 0 Å². The Kier molecular flexibility index (Phi) is 4.04. The summed E-state index contributed by atoms with van der Waals surface area (Å²) in [6.45, 7) is 4.10. The molecule has 1 atom stereocenters. The summed E-state index contributed by atoms with van der Waals surface area (Å²) in [5, 5.41) is 3.15. The maximum atomic E-state index is 12.0. The molecular formula is C12H22N2O2. The zero-order valence-electron chi connectivity index (χ0n) is 10.1. The van der Waals surface area contributed by atoms with Gasteiger partial charge in [0.25, 0.3) is 0 Å². The normalized spacial score (nSPS) is 27.8. The minimum Gasteiger partial charge on any atom is -0.377 e. The van der Waals surface area contributed by atoms with Crippen LogP contribution in [0.1, 0.15) is 39.0 Å². The zero-order chi connectivity index (χ0) is 11.4. The molecule has 2 amide bonds. The van der Waals surface area contributed by atoms with Gasteiger partial charge in [-0.25, -0.2) is 4.79 Å². The molecule has 1 aliphatic carbocycles. The second-order valence-corrected chi connectivity index (χ2v) is 4.90. The van der Waals surface area contributed by atoms with Gasteiger partial charge in [0.2, 0.25) is 0 Å². The summed E-state index contributed by atoms with van der Waals surface area (Å²) in [6, 6.07) is 0.705. The van der Waals surface area contributed by atoms with Crippen molar-refractivity contribution in [2.75, 3.05) is 19.8 Å². The van der Waals surface area contributed by atoms with Gasteiger partial charge in [-0.1, -0.05) is 19.3 Å². The number of urea groups is 1. The second kappa shape index (κ2) is 5.53. The van der Waals surface area contributed by atoms with E-state index >= 15 is 0 Å². The number of morpholine rings is 1. The van der Waals surface area contributed by atoms with Gasteiger partial charge in [-0.05, 0) is 19.8 Å². The van der Waals surface area contributed by atoms with Crippen LogP contribution in [-0.2, 0) is 4.74 Å². The Morgan fingerprint density at radius 3 is 2.75 bits per heavy atom. The first-order chi connectivity index (χ1) is 7.77. The van der Waals surface area contributed by atoms with E-state index in [9.17, 15) is 4.79 Å². The summed E-state index contributed by atoms with van der Waals surface area (Å²) in [5.41, 5.74) is 0. The summed E-state index contributed by atoms with van der Waals surface area (Å²) < 4.78 is 5.33. The predicted molar refractivity (Wildman–Crippen MR) is 62.4 cm³/mol. The van der Waals surface area contributed by atoms with Crippen molar-refractivity contribution in [3.05, 3.63) is 0 Å². The average Bonchev–Trinajstić information content (AvgIpc) is 2.31. The van der Waals surface area contributed by atoms with Crippen molar-refractivity contribution in [3.8, 4) is 0 Å². The summed E-state index contributed by atoms with van der Waals surface area (Å²) in [7, 11) is 0. The molecule has 4 nitrogen and oxygen atoms in total. The molecule has 2 aliphatic rings. The minimum atomic E-state index is 0.0997. The third-order valence-corrected chi connectivity index (χ3v) is 3.56. The number of ether oxygens (including phenoxy) is 1. The van der Waals surface area contributed by atoms with Gasteiger partial charge in [-0.2, -0.15) is 0 Å². The topological polar surface area (TPSA) is 41.6 Å². The van der Waals surface area contributed by atoms with E-state index in [0.717, 1.165) is 19.4 Å². The van der Waals surface area contributed by atoms with E-state index in [2.05, 4.69) is 5.32 Å². The quantitative estimate of drug-likeness (QED) is 0.740. The summed E-state index contributed by atoms with van der Waals surface area (Å²) in [6.07, 6.45) is 6.11. The number of carbonyl (C=O) groups is 1. The highest BCUT2D eigenvalue weighted by Gasteiger charge is 2.25. The third kappa shape index (κ3) is 2.88. The lowest BCUT2D eigenvalue weighted by Crippen LogP contribution is -2.53. The summed E-state index contributed by atoms with van der Waals surface area (Å²) in [4.78, 5) is 13.9. The van der Waals surface area contributed by atoms with Gasteiger partial charge in [0.05, 0.1) is 19.3 Å². The monoisotopic (exact) mass is 226 g/mol. The molecule has 0 aromatic carbocycles. The van der Waals surface area contributed by atoms with Crippen LogP contribution in [0.3, 0.4) is 0 Å². The lowest BCUT2D eigenvalue weighted by atomic mass is 9.96. The molecule has 0 aromatic rings. The molecular weight excluding hydrogens is 204 g/mol. The molecule has 1 saturated heterocycles. The van der Waals surface area contributed by atoms with Crippen molar-refractivity contribution in [2.45, 2.75) is 51.1 Å². The Bertz CT molecular complexity index is 239. The fraction of sp³-hybridized carbons (Fsp3) is 0.917. The van der Waals surface area contributed by atoms with E-state index < -0.39 is 0 Å². The van der Waals surface area contributed by atoms with Crippen LogP contribution in [0.15, 0.2) is 0 Å². The van der Waals surface area contributed by atoms with Crippen molar-refractivity contribution >= 4 is 6.03 Å². The van der Waals surface area contributed by atoms with Crippen LogP contribution in [0.25, 0.3) is 0 Å². The highest BCUT2D eigenvalue weighted by Crippen LogP contribution is 2.18. The molecule has 0 radical (unpaired) electrons. The maximum Gasteiger partial charge on any atom is 0.318 e. The Morgan fingerprint density at radius 2 is 2.06 bits per heavy atom. The SMILES string of the molecule is CC1COCCN1C(=O)NC1CCCCC1. The Morgan fingerprint density at radius 1 is 1.31 bits per heavy atom. The van der Waals surface area contributed by atoms with Crippen LogP contribution in [0.2, 0.25) is 0 Å². The van der Waals surface area contributed by atoms with E-state index in [4.69, 9.17) is 4.74 Å². The number of amides is 2. The molecule has 2 rings (SSSR count). The summed E-state index contributed by atoms with van der Waals surface area (Å²) in [5.74, 6) is 0. The van der Waals surface area contributed by atoms with Crippen molar-refractivity contribution in [2.24, 2.45) is 0 Å². The highest BCUT2D eigenvalue weighted by molar-refractivity contribution is 5.75. The van der Waals surface area contributed by atoms with Crippen LogP contribution in [0, 0.1) is 0 Å². The Hall–Kier alpha value is -0.770. The fourth-order valence-electron chi connectivity index (χ4n) is 2.53. The van der Waals surface area contributed by atoms with Crippen LogP contribution < -0.4 is 5.32 Å². The molecule has 1 saturated carbocycles. The molecule has 1 heterocycles. The standard InChI is InChI=1S/C12H22N2O2/c1-10-9-16-8-7-14(10)12(15)13-11-5-3-2-4-6-11/h10-11H,2-9H2,1H3,(H,13,15). The van der Waals surface area contributed by atoms with E-state index in [1.54, 1.807) is 0 Å². The number of rotatable bonds is 1. The lowest BCUT2D eigenvalue weighted by molar-refractivity contribution is 0.0181. The number of nitrogens with zero attached hydrogens (tertiary/aromatic N) is 1. The molecule has 1 aliphatic heterocycles. The molecule has 2 fully saturated rings. The van der Waals surface area contributed by atoms with Crippen LogP contribution in [0.4, 0.5) is 4.79 Å². The number of hydrogen-bond donors (Lipinski definition) is 1. The lowest BCUT2D eigenvalue weighted by Gasteiger charge is -2.35. The first-order valence-corrected chi connectivity index (χ1v) is 6.42. The van der Waals surface area contributed by atoms with Crippen molar-refractivity contribution in [3.63, 3.8) is 0 Å². The van der Waals surface area contributed by atoms with Gasteiger partial charge in [-0.15, -0.1) is 0 Å². The van der Waals surface area contributed by atoms with Gasteiger partial charge in [-0.3, -0.25) is 0 Å². The van der Waals surface area contributed by atoms with E-state index in [1.165, 1.54) is 19.3 Å². The molecule has 16 heavy (non-hydrogen) atoms. The summed E-state index contributed by atoms with van der Waals surface area (Å²) >= 11 is 0. The fourth-order valence-corrected chi connectivity index (χ4v) is 2.53. The van der Waals surface area contributed by atoms with Crippen molar-refractivity contribution < 1.29 is 9.53 Å². The molecule has 92 valence electrons. The first kappa shape index (κ1) is 11.7. The molecule has 1 N–H and O–H groups in total. The Balaban J connectivity index is 1.81. The average molecular weight is 226 g/mol. The van der Waals surface area contributed by atoms with E-state index in [0.29, 0.717) is 19.3 Å². The molecule has 4 heteroatoms. The number of nitrogens with one attached hydrogen (secondary N) is 1. The smallest absolute Gasteiger partial charge is 0.318 e. The van der Waals surface area contributed by atoms with Gasteiger partial charge in [0, 0.05) is 12.6 Å². The van der Waals surface area contributed by atoms with Crippen molar-refractivity contribution in [1.82, 2.24) is 10.2 Å². The van der Waals surface area contributed by atoms with Gasteiger partial charge in [0.1, 0.15) is 0 Å². The molecule has 1 unspecified atom stereocenters. The van der Waals surface area contributed by atoms with Gasteiger partial charge in [0.15, 0.2) is 0 Å². The first-order valence-electron chi connectivity index (χ1n) is 6.42. The Labute approximate surface area is 97.3 Å².